The van der Waals surface area contributed by atoms with Crippen molar-refractivity contribution < 1.29 is 18.7 Å². The quantitative estimate of drug-likeness (QED) is 0.157. The molecule has 10 nitrogen and oxygen atoms in total. The molecule has 0 radical (unpaired) electrons. The highest BCUT2D eigenvalue weighted by Crippen LogP contribution is 2.50. The highest BCUT2D eigenvalue weighted by molar-refractivity contribution is 7.12. The van der Waals surface area contributed by atoms with Gasteiger partial charge in [-0.15, -0.1) is 11.3 Å². The summed E-state index contributed by atoms with van der Waals surface area (Å²) in [5.41, 5.74) is 4.89. The number of ether oxygens (including phenoxy) is 2. The largest absolute Gasteiger partial charge is 0.464 e. The van der Waals surface area contributed by atoms with E-state index in [1.807, 2.05) is 33.0 Å². The molecule has 6 aromatic rings. The highest BCUT2D eigenvalue weighted by atomic mass is 32.1. The van der Waals surface area contributed by atoms with Gasteiger partial charge in [0.15, 0.2) is 0 Å². The molecule has 0 bridgehead atoms. The van der Waals surface area contributed by atoms with Crippen LogP contribution >= 0.6 is 11.3 Å². The van der Waals surface area contributed by atoms with Gasteiger partial charge in [0.05, 0.1) is 57.5 Å². The monoisotopic (exact) mass is 731 g/mol. The van der Waals surface area contributed by atoms with E-state index in [0.29, 0.717) is 29.3 Å². The Morgan fingerprint density at radius 1 is 0.925 bits per heavy atom. The molecule has 2 aromatic carbocycles. The van der Waals surface area contributed by atoms with Crippen molar-refractivity contribution >= 4 is 28.3 Å². The fourth-order valence-electron chi connectivity index (χ4n) is 8.20. The molecule has 1 aliphatic carbocycles. The molecule has 0 spiro atoms. The molecule has 1 amide bonds. The number of amides is 1. The summed E-state index contributed by atoms with van der Waals surface area (Å²) in [6, 6.07) is 16.3. The third kappa shape index (κ3) is 5.83. The predicted molar refractivity (Wildman–Crippen MR) is 202 cm³/mol. The van der Waals surface area contributed by atoms with Crippen molar-refractivity contribution in [2.75, 3.05) is 13.1 Å². The van der Waals surface area contributed by atoms with Gasteiger partial charge in [0, 0.05) is 27.9 Å². The van der Waals surface area contributed by atoms with Gasteiger partial charge in [-0.3, -0.25) is 9.47 Å². The van der Waals surface area contributed by atoms with Gasteiger partial charge >= 0.3 is 6.09 Å². The van der Waals surface area contributed by atoms with Crippen LogP contribution < -0.4 is 10.1 Å². The van der Waals surface area contributed by atoms with Crippen molar-refractivity contribution in [3.63, 3.8) is 0 Å². The lowest BCUT2D eigenvalue weighted by atomic mass is 10.0. The Bertz CT molecular complexity index is 2370. The van der Waals surface area contributed by atoms with E-state index in [9.17, 15) is 4.79 Å². The Morgan fingerprint density at radius 2 is 1.72 bits per heavy atom. The molecular weight excluding hydrogens is 690 g/mol. The zero-order valence-corrected chi connectivity index (χ0v) is 30.9. The number of imidazole rings is 2. The topological polar surface area (TPSA) is 113 Å². The highest BCUT2D eigenvalue weighted by Gasteiger charge is 2.36. The van der Waals surface area contributed by atoms with E-state index >= 15 is 4.39 Å². The predicted octanol–water partition coefficient (Wildman–Crippen LogP) is 9.60. The van der Waals surface area contributed by atoms with Crippen molar-refractivity contribution in [3.05, 3.63) is 88.1 Å². The number of aromatic amines is 2. The normalized spacial score (nSPS) is 21.2. The van der Waals surface area contributed by atoms with E-state index < -0.39 is 11.8 Å². The molecule has 272 valence electrons. The Hall–Kier alpha value is -4.94. The van der Waals surface area contributed by atoms with E-state index in [-0.39, 0.29) is 24.0 Å². The van der Waals surface area contributed by atoms with E-state index in [1.165, 1.54) is 17.7 Å². The molecule has 7 heterocycles. The van der Waals surface area contributed by atoms with Crippen LogP contribution in [0.4, 0.5) is 9.18 Å². The minimum absolute atomic E-state index is 0.176. The van der Waals surface area contributed by atoms with Crippen molar-refractivity contribution in [1.29, 1.82) is 0 Å². The first-order valence-electron chi connectivity index (χ1n) is 18.8. The van der Waals surface area contributed by atoms with E-state index in [4.69, 9.17) is 14.5 Å². The lowest BCUT2D eigenvalue weighted by Crippen LogP contribution is -2.36. The second-order valence-electron chi connectivity index (χ2n) is 15.8. The van der Waals surface area contributed by atoms with Crippen LogP contribution in [0.25, 0.3) is 44.7 Å². The second-order valence-corrected chi connectivity index (χ2v) is 17.0. The minimum Gasteiger partial charge on any atom is -0.464 e. The fourth-order valence-corrected chi connectivity index (χ4v) is 9.40. The maximum Gasteiger partial charge on any atom is 0.410 e. The molecule has 53 heavy (non-hydrogen) atoms. The van der Waals surface area contributed by atoms with Gasteiger partial charge in [0.2, 0.25) is 6.23 Å². The average Bonchev–Trinajstić information content (AvgIpc) is 3.84. The number of carbonyl (C=O) groups is 1. The van der Waals surface area contributed by atoms with E-state index in [1.54, 1.807) is 28.5 Å². The Morgan fingerprint density at radius 3 is 2.51 bits per heavy atom. The number of hydrogen-bond acceptors (Lipinski definition) is 7. The summed E-state index contributed by atoms with van der Waals surface area (Å²) >= 11 is 1.79. The summed E-state index contributed by atoms with van der Waals surface area (Å²) < 4.78 is 31.1. The number of rotatable bonds is 6. The molecule has 1 unspecified atom stereocenters. The van der Waals surface area contributed by atoms with Gasteiger partial charge in [0.25, 0.3) is 0 Å². The van der Waals surface area contributed by atoms with Crippen molar-refractivity contribution in [2.45, 2.75) is 89.1 Å². The van der Waals surface area contributed by atoms with Crippen LogP contribution in [0.2, 0.25) is 0 Å². The molecule has 10 rings (SSSR count). The summed E-state index contributed by atoms with van der Waals surface area (Å²) in [6.45, 7) is 7.25. The lowest BCUT2D eigenvalue weighted by Gasteiger charge is -2.30. The van der Waals surface area contributed by atoms with Crippen LogP contribution in [-0.4, -0.2) is 54.2 Å². The van der Waals surface area contributed by atoms with Gasteiger partial charge in [-0.25, -0.2) is 19.2 Å². The zero-order valence-electron chi connectivity index (χ0n) is 30.0. The molecule has 3 atom stereocenters. The number of halogens is 1. The van der Waals surface area contributed by atoms with Gasteiger partial charge in [0.1, 0.15) is 28.8 Å². The molecule has 12 heteroatoms. The number of carbonyl (C=O) groups excluding carboxylic acids is 1. The minimum atomic E-state index is -0.570. The summed E-state index contributed by atoms with van der Waals surface area (Å²) in [5.74, 6) is 2.42. The first kappa shape index (κ1) is 32.7. The van der Waals surface area contributed by atoms with Gasteiger partial charge in [-0.1, -0.05) is 6.07 Å². The van der Waals surface area contributed by atoms with Gasteiger partial charge < -0.3 is 24.8 Å². The molecule has 3 aliphatic heterocycles. The molecule has 2 saturated heterocycles. The Labute approximate surface area is 310 Å². The molecule has 3 fully saturated rings. The Balaban J connectivity index is 1.02. The third-order valence-electron chi connectivity index (χ3n) is 10.9. The second kappa shape index (κ2) is 12.3. The number of nitrogens with one attached hydrogen (secondary N) is 3. The van der Waals surface area contributed by atoms with Gasteiger partial charge in [-0.2, -0.15) is 0 Å². The lowest BCUT2D eigenvalue weighted by molar-refractivity contribution is 0.0218. The van der Waals surface area contributed by atoms with E-state index in [2.05, 4.69) is 61.2 Å². The standard InChI is InChI=1S/C41H42FN7O3S/c1-41(2,3)52-40(50)48-15-5-7-31(48)38-45-20-28(47-38)23-10-11-30-25(16-23)18-32-36-26(42)17-24(29-21-44-37(46-29)27-6-4-14-43-27)19-33(36)51-39(49(30)32)35-13-12-34(53-35)22-8-9-22/h10-13,16-22,27,31,39,43H,4-9,14-15H2,1-3H3,(H,44,46)(H,45,47)/t27-,31-,39?/m0/s1. The smallest absolute Gasteiger partial charge is 0.410 e. The number of benzene rings is 2. The number of hydrogen-bond donors (Lipinski definition) is 3. The number of nitrogens with zero attached hydrogens (tertiary/aromatic N) is 4. The Kier molecular flexibility index (Phi) is 7.59. The van der Waals surface area contributed by atoms with Crippen molar-refractivity contribution in [1.82, 2.24) is 34.7 Å². The average molecular weight is 732 g/mol. The number of H-pyrrole nitrogens is 2. The molecular formula is C41H42FN7O3S. The summed E-state index contributed by atoms with van der Waals surface area (Å²) in [6.07, 6.45) is 9.14. The van der Waals surface area contributed by atoms with Crippen molar-refractivity contribution in [2.24, 2.45) is 0 Å². The maximum atomic E-state index is 16.5. The first-order valence-corrected chi connectivity index (χ1v) is 19.6. The summed E-state index contributed by atoms with van der Waals surface area (Å²) in [4.78, 5) is 33.5. The van der Waals surface area contributed by atoms with Gasteiger partial charge in [-0.05, 0) is 114 Å². The SMILES string of the molecule is CC(C)(C)OC(=O)N1CCC[C@H]1c1ncc(-c2ccc3c(c2)cc2n3C(c3ccc(C4CC4)s3)Oc3cc(-c4cnc([C@@H]5CCCN5)[nH]4)cc(F)c3-2)[nH]1. The van der Waals surface area contributed by atoms with E-state index in [0.717, 1.165) is 82.3 Å². The van der Waals surface area contributed by atoms with Crippen LogP contribution in [0, 0.1) is 5.82 Å². The maximum absolute atomic E-state index is 16.5. The van der Waals surface area contributed by atoms with Crippen molar-refractivity contribution in [3.8, 4) is 39.5 Å². The molecule has 3 N–H and O–H groups in total. The van der Waals surface area contributed by atoms with Crippen LogP contribution in [-0.2, 0) is 4.74 Å². The first-order chi connectivity index (χ1) is 25.7. The number of aromatic nitrogens is 5. The fraction of sp³-hybridized carbons (Fsp3) is 0.390. The molecule has 1 saturated carbocycles. The molecule has 4 aliphatic rings. The number of likely N-dealkylation sites (tertiary alicyclic amines) is 1. The van der Waals surface area contributed by atoms with Crippen LogP contribution in [0.5, 0.6) is 5.75 Å². The third-order valence-corrected chi connectivity index (χ3v) is 12.2. The van der Waals surface area contributed by atoms with Crippen LogP contribution in [0.3, 0.4) is 0 Å². The molecule has 4 aromatic heterocycles. The van der Waals surface area contributed by atoms with Crippen LogP contribution in [0.1, 0.15) is 105 Å². The number of fused-ring (bicyclic) bond motifs is 5. The summed E-state index contributed by atoms with van der Waals surface area (Å²) in [5, 5.41) is 4.45. The zero-order chi connectivity index (χ0) is 36.0. The number of thiophene rings is 1. The summed E-state index contributed by atoms with van der Waals surface area (Å²) in [7, 11) is 0. The van der Waals surface area contributed by atoms with Crippen LogP contribution in [0.15, 0.2) is 60.9 Å².